The second kappa shape index (κ2) is 6.61. The number of nitrogens with one attached hydrogen (secondary N) is 1. The molecular weight excluding hydrogens is 206 g/mol. The Morgan fingerprint density at radius 2 is 2.06 bits per heavy atom. The Morgan fingerprint density at radius 1 is 1.24 bits per heavy atom. The lowest BCUT2D eigenvalue weighted by molar-refractivity contribution is 0.308. The minimum atomic E-state index is 0.735. The molecule has 0 aromatic heterocycles. The van der Waals surface area contributed by atoms with Crippen LogP contribution in [0.4, 0.5) is 0 Å². The first kappa shape index (κ1) is 12.4. The molecule has 0 heterocycles. The number of hydrogen-bond donors (Lipinski definition) is 1. The molecule has 1 fully saturated rings. The fourth-order valence-corrected chi connectivity index (χ4v) is 2.61. The third-order valence-corrected chi connectivity index (χ3v) is 3.57. The quantitative estimate of drug-likeness (QED) is 0.826. The van der Waals surface area contributed by atoms with Gasteiger partial charge in [-0.25, -0.2) is 0 Å². The van der Waals surface area contributed by atoms with Crippen LogP contribution >= 0.6 is 0 Å². The smallest absolute Gasteiger partial charge is 0.0140 e. The van der Waals surface area contributed by atoms with E-state index < -0.39 is 0 Å². The Labute approximate surface area is 105 Å². The van der Waals surface area contributed by atoms with Crippen LogP contribution in [0.2, 0.25) is 0 Å². The normalized spacial score (nSPS) is 25.2. The molecule has 2 unspecified atom stereocenters. The number of hydrogen-bond acceptors (Lipinski definition) is 1. The van der Waals surface area contributed by atoms with Crippen LogP contribution in [0, 0.1) is 5.92 Å². The maximum absolute atomic E-state index is 3.64. The first-order valence-corrected chi connectivity index (χ1v) is 6.79. The van der Waals surface area contributed by atoms with Crippen LogP contribution in [0.3, 0.4) is 0 Å². The van der Waals surface area contributed by atoms with Crippen molar-refractivity contribution in [3.8, 4) is 0 Å². The summed E-state index contributed by atoms with van der Waals surface area (Å²) in [6, 6.07) is 11.2. The third kappa shape index (κ3) is 4.35. The minimum absolute atomic E-state index is 0.735. The Hall–Kier alpha value is -1.08. The molecular formula is C16H23N. The summed E-state index contributed by atoms with van der Waals surface area (Å²) in [5.74, 6) is 0.902. The Balaban J connectivity index is 1.70. The molecule has 1 nitrogen and oxygen atoms in total. The summed E-state index contributed by atoms with van der Waals surface area (Å²) < 4.78 is 0. The van der Waals surface area contributed by atoms with Crippen molar-refractivity contribution in [3.05, 3.63) is 42.0 Å². The summed E-state index contributed by atoms with van der Waals surface area (Å²) in [6.45, 7) is 3.36. The zero-order valence-electron chi connectivity index (χ0n) is 10.7. The van der Waals surface area contributed by atoms with Gasteiger partial charge in [-0.05, 0) is 24.3 Å². The van der Waals surface area contributed by atoms with Gasteiger partial charge >= 0.3 is 0 Å². The molecule has 1 heteroatoms. The maximum Gasteiger partial charge on any atom is 0.0140 e. The van der Waals surface area contributed by atoms with E-state index in [9.17, 15) is 0 Å². The zero-order chi connectivity index (χ0) is 11.9. The van der Waals surface area contributed by atoms with Gasteiger partial charge in [0.05, 0.1) is 0 Å². The summed E-state index contributed by atoms with van der Waals surface area (Å²) in [7, 11) is 0. The van der Waals surface area contributed by atoms with Crippen LogP contribution in [-0.2, 0) is 0 Å². The monoisotopic (exact) mass is 229 g/mol. The lowest BCUT2D eigenvalue weighted by atomic mass is 9.87. The van der Waals surface area contributed by atoms with Crippen molar-refractivity contribution < 1.29 is 0 Å². The van der Waals surface area contributed by atoms with E-state index in [2.05, 4.69) is 54.7 Å². The molecule has 2 atom stereocenters. The highest BCUT2D eigenvalue weighted by atomic mass is 14.9. The highest BCUT2D eigenvalue weighted by Gasteiger charge is 2.17. The van der Waals surface area contributed by atoms with E-state index in [0.717, 1.165) is 18.5 Å². The molecule has 0 saturated heterocycles. The van der Waals surface area contributed by atoms with Gasteiger partial charge in [-0.2, -0.15) is 0 Å². The van der Waals surface area contributed by atoms with Crippen molar-refractivity contribution in [2.75, 3.05) is 6.54 Å². The van der Waals surface area contributed by atoms with E-state index in [-0.39, 0.29) is 0 Å². The second-order valence-corrected chi connectivity index (χ2v) is 5.19. The highest BCUT2D eigenvalue weighted by Crippen LogP contribution is 2.23. The average molecular weight is 229 g/mol. The van der Waals surface area contributed by atoms with Crippen LogP contribution in [0.25, 0.3) is 6.08 Å². The van der Waals surface area contributed by atoms with Crippen molar-refractivity contribution in [2.45, 2.75) is 38.6 Å². The molecule has 0 aliphatic heterocycles. The molecule has 1 saturated carbocycles. The van der Waals surface area contributed by atoms with E-state index in [1.807, 2.05) is 0 Å². The second-order valence-electron chi connectivity index (χ2n) is 5.19. The van der Waals surface area contributed by atoms with E-state index in [0.29, 0.717) is 0 Å². The highest BCUT2D eigenvalue weighted by molar-refractivity contribution is 5.48. The van der Waals surface area contributed by atoms with Gasteiger partial charge in [-0.15, -0.1) is 0 Å². The molecule has 0 spiro atoms. The van der Waals surface area contributed by atoms with Gasteiger partial charge in [0.2, 0.25) is 0 Å². The number of rotatable bonds is 4. The van der Waals surface area contributed by atoms with Crippen LogP contribution in [-0.4, -0.2) is 12.6 Å². The van der Waals surface area contributed by atoms with Gasteiger partial charge in [-0.1, -0.05) is 62.2 Å². The van der Waals surface area contributed by atoms with E-state index in [1.54, 1.807) is 0 Å². The molecule has 92 valence electrons. The first-order chi connectivity index (χ1) is 8.34. The summed E-state index contributed by atoms with van der Waals surface area (Å²) in [6.07, 6.45) is 9.93. The maximum atomic E-state index is 3.64. The van der Waals surface area contributed by atoms with E-state index in [4.69, 9.17) is 0 Å². The average Bonchev–Trinajstić information content (AvgIpc) is 2.36. The lowest BCUT2D eigenvalue weighted by Crippen LogP contribution is -2.33. The molecule has 1 aromatic rings. The minimum Gasteiger partial charge on any atom is -0.311 e. The molecule has 0 bridgehead atoms. The molecule has 2 rings (SSSR count). The molecule has 17 heavy (non-hydrogen) atoms. The van der Waals surface area contributed by atoms with E-state index >= 15 is 0 Å². The molecule has 0 radical (unpaired) electrons. The Morgan fingerprint density at radius 3 is 2.82 bits per heavy atom. The SMILES string of the molecule is CC1CCCC(NCC=Cc2ccccc2)C1. The molecule has 1 N–H and O–H groups in total. The molecule has 1 aromatic carbocycles. The third-order valence-electron chi connectivity index (χ3n) is 3.57. The standard InChI is InChI=1S/C16H23N/c1-14-7-5-11-16(13-14)17-12-6-10-15-8-3-2-4-9-15/h2-4,6,8-10,14,16-17H,5,7,11-13H2,1H3. The zero-order valence-corrected chi connectivity index (χ0v) is 10.7. The van der Waals surface area contributed by atoms with Crippen LogP contribution < -0.4 is 5.32 Å². The first-order valence-electron chi connectivity index (χ1n) is 6.79. The summed E-state index contributed by atoms with van der Waals surface area (Å²) in [5.41, 5.74) is 1.28. The van der Waals surface area contributed by atoms with Crippen molar-refractivity contribution in [2.24, 2.45) is 5.92 Å². The van der Waals surface area contributed by atoms with E-state index in [1.165, 1.54) is 31.2 Å². The van der Waals surface area contributed by atoms with Crippen LogP contribution in [0.5, 0.6) is 0 Å². The van der Waals surface area contributed by atoms with Crippen molar-refractivity contribution >= 4 is 6.08 Å². The largest absolute Gasteiger partial charge is 0.311 e. The predicted molar refractivity (Wildman–Crippen MR) is 74.9 cm³/mol. The molecule has 1 aliphatic rings. The van der Waals surface area contributed by atoms with Crippen molar-refractivity contribution in [3.63, 3.8) is 0 Å². The van der Waals surface area contributed by atoms with Gasteiger partial charge in [0.1, 0.15) is 0 Å². The predicted octanol–water partition coefficient (Wildman–Crippen LogP) is 3.87. The van der Waals surface area contributed by atoms with Crippen LogP contribution in [0.15, 0.2) is 36.4 Å². The Kier molecular flexibility index (Phi) is 4.81. The van der Waals surface area contributed by atoms with Gasteiger partial charge in [0.25, 0.3) is 0 Å². The van der Waals surface area contributed by atoms with Gasteiger partial charge < -0.3 is 5.32 Å². The fraction of sp³-hybridized carbons (Fsp3) is 0.500. The summed E-state index contributed by atoms with van der Waals surface area (Å²) >= 11 is 0. The molecule has 1 aliphatic carbocycles. The topological polar surface area (TPSA) is 12.0 Å². The van der Waals surface area contributed by atoms with Gasteiger partial charge in [-0.3, -0.25) is 0 Å². The van der Waals surface area contributed by atoms with Gasteiger partial charge in [0.15, 0.2) is 0 Å². The van der Waals surface area contributed by atoms with Crippen molar-refractivity contribution in [1.82, 2.24) is 5.32 Å². The van der Waals surface area contributed by atoms with Crippen LogP contribution in [0.1, 0.15) is 38.2 Å². The van der Waals surface area contributed by atoms with Crippen molar-refractivity contribution in [1.29, 1.82) is 0 Å². The fourth-order valence-electron chi connectivity index (χ4n) is 2.61. The van der Waals surface area contributed by atoms with Gasteiger partial charge in [0, 0.05) is 12.6 Å². The summed E-state index contributed by atoms with van der Waals surface area (Å²) in [5, 5.41) is 3.64. The molecule has 0 amide bonds. The summed E-state index contributed by atoms with van der Waals surface area (Å²) in [4.78, 5) is 0. The Bertz CT molecular complexity index is 342. The lowest BCUT2D eigenvalue weighted by Gasteiger charge is -2.27. The number of benzene rings is 1.